The highest BCUT2D eigenvalue weighted by Gasteiger charge is 2.25. The van der Waals surface area contributed by atoms with Crippen LogP contribution < -0.4 is 5.32 Å². The van der Waals surface area contributed by atoms with Crippen molar-refractivity contribution in [2.75, 3.05) is 0 Å². The van der Waals surface area contributed by atoms with Crippen LogP contribution in [0.3, 0.4) is 0 Å². The lowest BCUT2D eigenvalue weighted by atomic mass is 9.92. The number of hydrogen-bond acceptors (Lipinski definition) is 6. The van der Waals surface area contributed by atoms with Crippen LogP contribution in [-0.2, 0) is 6.42 Å². The van der Waals surface area contributed by atoms with E-state index in [-0.39, 0.29) is 11.9 Å². The van der Waals surface area contributed by atoms with Crippen LogP contribution in [0.1, 0.15) is 51.3 Å². The van der Waals surface area contributed by atoms with Crippen LogP contribution >= 0.6 is 11.5 Å². The van der Waals surface area contributed by atoms with Gasteiger partial charge < -0.3 is 5.32 Å². The molecule has 2 aromatic heterocycles. The van der Waals surface area contributed by atoms with E-state index in [9.17, 15) is 4.79 Å². The van der Waals surface area contributed by atoms with E-state index in [1.807, 2.05) is 13.1 Å². The molecule has 0 fully saturated rings. The lowest BCUT2D eigenvalue weighted by Gasteiger charge is -2.25. The van der Waals surface area contributed by atoms with Gasteiger partial charge in [-0.25, -0.2) is 9.97 Å². The van der Waals surface area contributed by atoms with Crippen LogP contribution in [0.25, 0.3) is 0 Å². The zero-order valence-electron chi connectivity index (χ0n) is 11.4. The molecule has 6 nitrogen and oxygen atoms in total. The molecular formula is C13H15N5OS. The van der Waals surface area contributed by atoms with Crippen molar-refractivity contribution in [1.29, 1.82) is 0 Å². The minimum absolute atomic E-state index is 0.0200. The van der Waals surface area contributed by atoms with E-state index in [0.29, 0.717) is 10.6 Å². The Morgan fingerprint density at radius 2 is 2.30 bits per heavy atom. The molecule has 1 unspecified atom stereocenters. The second kappa shape index (κ2) is 5.24. The Bertz CT molecular complexity index is 654. The highest BCUT2D eigenvalue weighted by molar-refractivity contribution is 7.08. The van der Waals surface area contributed by atoms with Gasteiger partial charge in [-0.15, -0.1) is 5.10 Å². The Labute approximate surface area is 120 Å². The molecule has 0 saturated carbocycles. The van der Waals surface area contributed by atoms with Crippen LogP contribution in [0.2, 0.25) is 0 Å². The summed E-state index contributed by atoms with van der Waals surface area (Å²) < 4.78 is 3.80. The number of hydrogen-bond donors (Lipinski definition) is 1. The van der Waals surface area contributed by atoms with Gasteiger partial charge in [-0.2, -0.15) is 0 Å². The van der Waals surface area contributed by atoms with Crippen molar-refractivity contribution in [2.24, 2.45) is 0 Å². The number of rotatable bonds is 2. The van der Waals surface area contributed by atoms with Gasteiger partial charge >= 0.3 is 0 Å². The van der Waals surface area contributed by atoms with E-state index in [1.165, 1.54) is 0 Å². The number of fused-ring (bicyclic) bond motifs is 1. The maximum atomic E-state index is 12.3. The zero-order chi connectivity index (χ0) is 14.1. The maximum absolute atomic E-state index is 12.3. The Morgan fingerprint density at radius 3 is 3.05 bits per heavy atom. The van der Waals surface area contributed by atoms with Gasteiger partial charge in [0.1, 0.15) is 10.7 Å². The van der Waals surface area contributed by atoms with E-state index < -0.39 is 0 Å². The molecule has 104 valence electrons. The molecule has 2 heterocycles. The molecule has 1 N–H and O–H groups in total. The summed E-state index contributed by atoms with van der Waals surface area (Å²) in [5.74, 6) is 0.661. The van der Waals surface area contributed by atoms with Gasteiger partial charge in [-0.05, 0) is 44.6 Å². The standard InChI is InChI=1S/C13H15N5OS/c1-7-12(20-18-17-7)13(19)16-11-5-3-4-10-9(11)6-14-8(2)15-10/h6,11H,3-5H2,1-2H3,(H,16,19). The first kappa shape index (κ1) is 13.1. The Morgan fingerprint density at radius 1 is 1.45 bits per heavy atom. The van der Waals surface area contributed by atoms with Crippen molar-refractivity contribution < 1.29 is 4.79 Å². The van der Waals surface area contributed by atoms with Gasteiger partial charge in [0.25, 0.3) is 5.91 Å². The van der Waals surface area contributed by atoms with Crippen LogP contribution in [0, 0.1) is 13.8 Å². The highest BCUT2D eigenvalue weighted by Crippen LogP contribution is 2.28. The number of aryl methyl sites for hydroxylation is 3. The third kappa shape index (κ3) is 2.40. The summed E-state index contributed by atoms with van der Waals surface area (Å²) in [5.41, 5.74) is 2.75. The van der Waals surface area contributed by atoms with E-state index >= 15 is 0 Å². The van der Waals surface area contributed by atoms with Crippen molar-refractivity contribution in [3.8, 4) is 0 Å². The topological polar surface area (TPSA) is 80.7 Å². The molecule has 0 bridgehead atoms. The average Bonchev–Trinajstić information content (AvgIpc) is 2.85. The molecule has 7 heteroatoms. The fourth-order valence-corrected chi connectivity index (χ4v) is 3.02. The number of nitrogens with zero attached hydrogens (tertiary/aromatic N) is 4. The van der Waals surface area contributed by atoms with Crippen molar-refractivity contribution in [3.63, 3.8) is 0 Å². The first-order valence-electron chi connectivity index (χ1n) is 6.57. The smallest absolute Gasteiger partial charge is 0.265 e. The van der Waals surface area contributed by atoms with E-state index in [0.717, 1.165) is 47.9 Å². The zero-order valence-corrected chi connectivity index (χ0v) is 12.2. The van der Waals surface area contributed by atoms with Crippen LogP contribution in [0.5, 0.6) is 0 Å². The van der Waals surface area contributed by atoms with Crippen molar-refractivity contribution in [3.05, 3.63) is 33.8 Å². The average molecular weight is 289 g/mol. The third-order valence-electron chi connectivity index (χ3n) is 3.47. The normalized spacial score (nSPS) is 17.6. The number of aromatic nitrogens is 4. The largest absolute Gasteiger partial charge is 0.344 e. The highest BCUT2D eigenvalue weighted by atomic mass is 32.1. The van der Waals surface area contributed by atoms with Crippen molar-refractivity contribution in [2.45, 2.75) is 39.2 Å². The molecule has 0 saturated heterocycles. The third-order valence-corrected chi connectivity index (χ3v) is 4.29. The molecule has 3 rings (SSSR count). The molecule has 1 atom stereocenters. The number of amides is 1. The Hall–Kier alpha value is -1.89. The molecule has 1 aliphatic rings. The predicted octanol–water partition coefficient (Wildman–Crippen LogP) is 1.75. The molecule has 1 amide bonds. The minimum atomic E-state index is -0.115. The lowest BCUT2D eigenvalue weighted by Crippen LogP contribution is -2.31. The molecular weight excluding hydrogens is 274 g/mol. The van der Waals surface area contributed by atoms with E-state index in [4.69, 9.17) is 0 Å². The van der Waals surface area contributed by atoms with Crippen LogP contribution in [-0.4, -0.2) is 25.5 Å². The van der Waals surface area contributed by atoms with Gasteiger partial charge in [0, 0.05) is 17.5 Å². The van der Waals surface area contributed by atoms with Gasteiger partial charge in [-0.1, -0.05) is 4.49 Å². The lowest BCUT2D eigenvalue weighted by molar-refractivity contribution is 0.0936. The van der Waals surface area contributed by atoms with Gasteiger partial charge in [0.05, 0.1) is 11.7 Å². The summed E-state index contributed by atoms with van der Waals surface area (Å²) in [5, 5.41) is 6.92. The Kier molecular flexibility index (Phi) is 3.43. The van der Waals surface area contributed by atoms with Gasteiger partial charge in [0.2, 0.25) is 0 Å². The van der Waals surface area contributed by atoms with E-state index in [1.54, 1.807) is 6.92 Å². The second-order valence-corrected chi connectivity index (χ2v) is 5.68. The van der Waals surface area contributed by atoms with Crippen LogP contribution in [0.4, 0.5) is 0 Å². The number of carbonyl (C=O) groups excluding carboxylic acids is 1. The SMILES string of the molecule is Cc1ncc2c(n1)CCCC2NC(=O)c1snnc1C. The molecule has 2 aromatic rings. The quantitative estimate of drug-likeness (QED) is 0.911. The summed E-state index contributed by atoms with van der Waals surface area (Å²) in [6.45, 7) is 3.68. The molecule has 20 heavy (non-hydrogen) atoms. The summed E-state index contributed by atoms with van der Waals surface area (Å²) >= 11 is 1.13. The maximum Gasteiger partial charge on any atom is 0.265 e. The summed E-state index contributed by atoms with van der Waals surface area (Å²) in [4.78, 5) is 21.5. The van der Waals surface area contributed by atoms with Crippen molar-refractivity contribution >= 4 is 17.4 Å². The molecule has 1 aliphatic carbocycles. The molecule has 0 radical (unpaired) electrons. The van der Waals surface area contributed by atoms with Gasteiger partial charge in [0.15, 0.2) is 0 Å². The number of carbonyl (C=O) groups is 1. The summed E-state index contributed by atoms with van der Waals surface area (Å²) in [6.07, 6.45) is 4.72. The number of nitrogens with one attached hydrogen (secondary N) is 1. The molecule has 0 aliphatic heterocycles. The van der Waals surface area contributed by atoms with Crippen molar-refractivity contribution in [1.82, 2.24) is 24.9 Å². The molecule has 0 aromatic carbocycles. The molecule has 0 spiro atoms. The second-order valence-electron chi connectivity index (χ2n) is 4.92. The fourth-order valence-electron chi connectivity index (χ4n) is 2.46. The summed E-state index contributed by atoms with van der Waals surface area (Å²) in [6, 6.07) is -0.0200. The first-order chi connectivity index (χ1) is 9.65. The summed E-state index contributed by atoms with van der Waals surface area (Å²) in [7, 11) is 0. The Balaban J connectivity index is 1.83. The van der Waals surface area contributed by atoms with E-state index in [2.05, 4.69) is 24.9 Å². The first-order valence-corrected chi connectivity index (χ1v) is 7.34. The van der Waals surface area contributed by atoms with Crippen LogP contribution in [0.15, 0.2) is 6.20 Å². The minimum Gasteiger partial charge on any atom is -0.344 e. The van der Waals surface area contributed by atoms with Gasteiger partial charge in [-0.3, -0.25) is 4.79 Å². The fraction of sp³-hybridized carbons (Fsp3) is 0.462. The monoisotopic (exact) mass is 289 g/mol. The predicted molar refractivity (Wildman–Crippen MR) is 74.6 cm³/mol.